The average Bonchev–Trinajstić information content (AvgIpc) is 3.28. The van der Waals surface area contributed by atoms with Crippen LogP contribution in [0.1, 0.15) is 24.2 Å². The van der Waals surface area contributed by atoms with Gasteiger partial charge in [-0.2, -0.15) is 4.98 Å². The number of hydrogen-bond acceptors (Lipinski definition) is 8. The first-order chi connectivity index (χ1) is 16.7. The molecule has 2 aromatic carbocycles. The second-order valence-electron chi connectivity index (χ2n) is 9.34. The van der Waals surface area contributed by atoms with Crippen LogP contribution < -0.4 is 25.4 Å². The molecule has 0 radical (unpaired) electrons. The van der Waals surface area contributed by atoms with E-state index in [4.69, 9.17) is 21.1 Å². The molecule has 0 unspecified atom stereocenters. The number of anilines is 4. The van der Waals surface area contributed by atoms with E-state index in [-0.39, 0.29) is 18.1 Å². The van der Waals surface area contributed by atoms with Crippen LogP contribution in [0.25, 0.3) is 0 Å². The zero-order valence-electron chi connectivity index (χ0n) is 20.2. The minimum absolute atomic E-state index is 0.0464. The summed E-state index contributed by atoms with van der Waals surface area (Å²) in [6.07, 6.45) is 1.62. The van der Waals surface area contributed by atoms with E-state index in [0.717, 1.165) is 6.54 Å². The number of fused-ring (bicyclic) bond motifs is 1. The molecule has 0 atom stereocenters. The third-order valence-corrected chi connectivity index (χ3v) is 5.56. The van der Waals surface area contributed by atoms with E-state index in [1.165, 1.54) is 0 Å². The molecular formula is C25H29ClN6O3. The molecule has 3 aromatic rings. The van der Waals surface area contributed by atoms with Gasteiger partial charge in [0.1, 0.15) is 11.5 Å². The van der Waals surface area contributed by atoms with Crippen LogP contribution in [0.3, 0.4) is 0 Å². The summed E-state index contributed by atoms with van der Waals surface area (Å²) in [5, 5.41) is 9.84. The van der Waals surface area contributed by atoms with Gasteiger partial charge < -0.3 is 30.3 Å². The Bertz CT molecular complexity index is 1220. The van der Waals surface area contributed by atoms with E-state index in [0.29, 0.717) is 51.8 Å². The van der Waals surface area contributed by atoms with Gasteiger partial charge in [-0.25, -0.2) is 4.98 Å². The Morgan fingerprint density at radius 1 is 1.14 bits per heavy atom. The van der Waals surface area contributed by atoms with Crippen LogP contribution >= 0.6 is 11.6 Å². The number of nitrogens with zero attached hydrogens (tertiary/aromatic N) is 3. The van der Waals surface area contributed by atoms with Crippen LogP contribution in [-0.2, 0) is 0 Å². The fourth-order valence-corrected chi connectivity index (χ4v) is 4.08. The molecule has 0 saturated heterocycles. The number of carbonyl (C=O) groups is 1. The second-order valence-corrected chi connectivity index (χ2v) is 9.74. The van der Waals surface area contributed by atoms with E-state index in [9.17, 15) is 4.79 Å². The Balaban J connectivity index is 1.44. The van der Waals surface area contributed by atoms with E-state index in [2.05, 4.69) is 44.7 Å². The molecule has 1 aliphatic heterocycles. The third kappa shape index (κ3) is 6.32. The lowest BCUT2D eigenvalue weighted by Crippen LogP contribution is -2.39. The Morgan fingerprint density at radius 2 is 1.97 bits per heavy atom. The van der Waals surface area contributed by atoms with Crippen molar-refractivity contribution in [3.63, 3.8) is 0 Å². The van der Waals surface area contributed by atoms with Crippen molar-refractivity contribution in [3.8, 4) is 11.5 Å². The number of carbonyl (C=O) groups excluding carboxylic acids is 1. The summed E-state index contributed by atoms with van der Waals surface area (Å²) in [5.74, 6) is 1.90. The number of halogens is 1. The molecule has 1 aliphatic rings. The molecule has 0 fully saturated rings. The highest BCUT2D eigenvalue weighted by Gasteiger charge is 2.22. The van der Waals surface area contributed by atoms with Crippen molar-refractivity contribution in [1.29, 1.82) is 0 Å². The van der Waals surface area contributed by atoms with Crippen LogP contribution in [0.2, 0.25) is 5.02 Å². The maximum Gasteiger partial charge on any atom is 0.251 e. The number of amides is 1. The summed E-state index contributed by atoms with van der Waals surface area (Å²) in [6.45, 7) is 5.82. The lowest BCUT2D eigenvalue weighted by Gasteiger charge is -2.28. The summed E-state index contributed by atoms with van der Waals surface area (Å²) in [4.78, 5) is 23.6. The lowest BCUT2D eigenvalue weighted by molar-refractivity contribution is 0.0929. The van der Waals surface area contributed by atoms with Gasteiger partial charge in [-0.05, 0) is 55.9 Å². The molecule has 0 saturated carbocycles. The molecule has 10 heteroatoms. The normalized spacial score (nSPS) is 12.5. The van der Waals surface area contributed by atoms with Crippen molar-refractivity contribution in [3.05, 3.63) is 59.2 Å². The number of benzene rings is 2. The first-order valence-electron chi connectivity index (χ1n) is 11.2. The predicted molar refractivity (Wildman–Crippen MR) is 137 cm³/mol. The maximum atomic E-state index is 12.7. The van der Waals surface area contributed by atoms with E-state index in [1.54, 1.807) is 36.5 Å². The zero-order valence-corrected chi connectivity index (χ0v) is 20.9. The van der Waals surface area contributed by atoms with E-state index >= 15 is 0 Å². The van der Waals surface area contributed by atoms with Gasteiger partial charge in [-0.3, -0.25) is 4.79 Å². The van der Waals surface area contributed by atoms with E-state index < -0.39 is 0 Å². The van der Waals surface area contributed by atoms with Crippen LogP contribution in [-0.4, -0.2) is 54.8 Å². The number of hydrogen-bond donors (Lipinski definition) is 3. The number of ether oxygens (including phenoxy) is 2. The lowest BCUT2D eigenvalue weighted by atomic mass is 9.93. The minimum atomic E-state index is -0.133. The Labute approximate surface area is 209 Å². The highest BCUT2D eigenvalue weighted by atomic mass is 35.5. The van der Waals surface area contributed by atoms with Crippen LogP contribution in [0.5, 0.6) is 11.5 Å². The van der Waals surface area contributed by atoms with Crippen molar-refractivity contribution in [2.24, 2.45) is 5.41 Å². The molecule has 0 aliphatic carbocycles. The van der Waals surface area contributed by atoms with Crippen LogP contribution in [0.15, 0.2) is 48.7 Å². The van der Waals surface area contributed by atoms with Gasteiger partial charge in [0.2, 0.25) is 12.7 Å². The van der Waals surface area contributed by atoms with Gasteiger partial charge in [0, 0.05) is 30.5 Å². The molecule has 1 aromatic heterocycles. The van der Waals surface area contributed by atoms with E-state index in [1.807, 2.05) is 26.2 Å². The Morgan fingerprint density at radius 3 is 2.77 bits per heavy atom. The summed E-state index contributed by atoms with van der Waals surface area (Å²) in [5.41, 5.74) is 1.77. The Hall–Kier alpha value is -3.56. The first-order valence-corrected chi connectivity index (χ1v) is 11.6. The van der Waals surface area contributed by atoms with Gasteiger partial charge >= 0.3 is 0 Å². The monoisotopic (exact) mass is 496 g/mol. The van der Waals surface area contributed by atoms with Crippen LogP contribution in [0.4, 0.5) is 23.1 Å². The standard InChI is InChI=1S/C25H29ClN6O3/c1-25(2,14-32(3)4)13-28-23(33)16-6-5-7-17(12-16)29-24-27-11-10-20(31-24)30-21-18(26)8-9-19-22(21)35-15-34-19/h5-12H,13-15H2,1-4H3,(H,28,33)(H2,27,29,30,31). The molecule has 0 spiro atoms. The van der Waals surface area contributed by atoms with Crippen LogP contribution in [0, 0.1) is 5.41 Å². The van der Waals surface area contributed by atoms with Crippen molar-refractivity contribution < 1.29 is 14.3 Å². The van der Waals surface area contributed by atoms with Gasteiger partial charge in [0.25, 0.3) is 5.91 Å². The van der Waals surface area contributed by atoms with Gasteiger partial charge in [-0.15, -0.1) is 0 Å². The van der Waals surface area contributed by atoms with Crippen molar-refractivity contribution in [1.82, 2.24) is 20.2 Å². The number of rotatable bonds is 9. The quantitative estimate of drug-likeness (QED) is 0.393. The second kappa shape index (κ2) is 10.4. The third-order valence-electron chi connectivity index (χ3n) is 5.25. The molecule has 4 rings (SSSR count). The SMILES string of the molecule is CN(C)CC(C)(C)CNC(=O)c1cccc(Nc2nccc(Nc3c(Cl)ccc4c3OCO4)n2)c1. The molecule has 35 heavy (non-hydrogen) atoms. The van der Waals surface area contributed by atoms with Gasteiger partial charge in [0.15, 0.2) is 11.5 Å². The highest BCUT2D eigenvalue weighted by Crippen LogP contribution is 2.44. The van der Waals surface area contributed by atoms with Gasteiger partial charge in [0.05, 0.1) is 5.02 Å². The minimum Gasteiger partial charge on any atom is -0.454 e. The number of nitrogens with one attached hydrogen (secondary N) is 3. The molecule has 3 N–H and O–H groups in total. The van der Waals surface area contributed by atoms with Crippen molar-refractivity contribution in [2.45, 2.75) is 13.8 Å². The smallest absolute Gasteiger partial charge is 0.251 e. The molecule has 0 bridgehead atoms. The topological polar surface area (TPSA) is 101 Å². The first kappa shape index (κ1) is 24.6. The Kier molecular flexibility index (Phi) is 7.28. The molecule has 184 valence electrons. The maximum absolute atomic E-state index is 12.7. The fraction of sp³-hybridized carbons (Fsp3) is 0.320. The highest BCUT2D eigenvalue weighted by molar-refractivity contribution is 6.33. The number of aromatic nitrogens is 2. The molecular weight excluding hydrogens is 468 g/mol. The molecule has 1 amide bonds. The zero-order chi connectivity index (χ0) is 25.0. The van der Waals surface area contributed by atoms with Crippen molar-refractivity contribution in [2.75, 3.05) is 44.6 Å². The fourth-order valence-electron chi connectivity index (χ4n) is 3.88. The summed E-state index contributed by atoms with van der Waals surface area (Å²) >= 11 is 6.36. The van der Waals surface area contributed by atoms with Crippen molar-refractivity contribution >= 4 is 40.6 Å². The average molecular weight is 497 g/mol. The molecule has 9 nitrogen and oxygen atoms in total. The molecule has 2 heterocycles. The van der Waals surface area contributed by atoms with Gasteiger partial charge in [-0.1, -0.05) is 31.5 Å². The summed E-state index contributed by atoms with van der Waals surface area (Å²) < 4.78 is 11.0. The predicted octanol–water partition coefficient (Wildman–Crippen LogP) is 4.66. The largest absolute Gasteiger partial charge is 0.454 e. The summed E-state index contributed by atoms with van der Waals surface area (Å²) in [7, 11) is 4.04. The summed E-state index contributed by atoms with van der Waals surface area (Å²) in [6, 6.07) is 12.4.